The molecule has 10 heteroatoms. The summed E-state index contributed by atoms with van der Waals surface area (Å²) in [5.74, 6) is 0.569. The molecule has 9 nitrogen and oxygen atoms in total. The quantitative estimate of drug-likeness (QED) is 0.618. The molecule has 3 N–H and O–H groups in total. The number of carbonyl (C=O) groups excluding carboxylic acids is 1. The van der Waals surface area contributed by atoms with Gasteiger partial charge in [0.1, 0.15) is 5.75 Å². The Labute approximate surface area is 165 Å². The van der Waals surface area contributed by atoms with Gasteiger partial charge in [-0.1, -0.05) is 0 Å². The van der Waals surface area contributed by atoms with Crippen LogP contribution in [0.15, 0.2) is 23.1 Å². The first kappa shape index (κ1) is 22.1. The minimum Gasteiger partial charge on any atom is -0.483 e. The molecule has 28 heavy (non-hydrogen) atoms. The summed E-state index contributed by atoms with van der Waals surface area (Å²) in [7, 11) is 0.571. The lowest BCUT2D eigenvalue weighted by Crippen LogP contribution is -2.36. The Morgan fingerprint density at radius 1 is 1.29 bits per heavy atom. The number of benzene rings is 1. The molecule has 1 heterocycles. The van der Waals surface area contributed by atoms with Crippen molar-refractivity contribution in [3.05, 3.63) is 18.2 Å². The fraction of sp³-hybridized carbons (Fsp3) is 0.556. The van der Waals surface area contributed by atoms with Crippen molar-refractivity contribution < 1.29 is 27.9 Å². The topological polar surface area (TPSA) is 125 Å². The molecule has 1 aliphatic heterocycles. The van der Waals surface area contributed by atoms with Crippen LogP contribution >= 0.6 is 0 Å². The van der Waals surface area contributed by atoms with Crippen LogP contribution in [0.3, 0.4) is 0 Å². The van der Waals surface area contributed by atoms with Crippen LogP contribution in [0.5, 0.6) is 5.75 Å². The Hall–Kier alpha value is -2.17. The summed E-state index contributed by atoms with van der Waals surface area (Å²) < 4.78 is 33.1. The molecule has 1 aromatic carbocycles. The van der Waals surface area contributed by atoms with Gasteiger partial charge in [-0.05, 0) is 63.9 Å². The van der Waals surface area contributed by atoms with Crippen LogP contribution in [-0.4, -0.2) is 64.1 Å². The fourth-order valence-electron chi connectivity index (χ4n) is 3.41. The molecule has 0 bridgehead atoms. The summed E-state index contributed by atoms with van der Waals surface area (Å²) >= 11 is 0. The first-order valence-corrected chi connectivity index (χ1v) is 10.6. The van der Waals surface area contributed by atoms with Crippen LogP contribution in [0.25, 0.3) is 0 Å². The second-order valence-corrected chi connectivity index (χ2v) is 8.86. The molecule has 156 valence electrons. The number of nitrogens with one attached hydrogen (secondary N) is 2. The minimum absolute atomic E-state index is 0.0486. The van der Waals surface area contributed by atoms with E-state index in [9.17, 15) is 13.2 Å². The van der Waals surface area contributed by atoms with Crippen molar-refractivity contribution in [1.29, 1.82) is 0 Å². The Morgan fingerprint density at radius 3 is 2.54 bits per heavy atom. The van der Waals surface area contributed by atoms with Gasteiger partial charge in [0, 0.05) is 12.6 Å². The molecule has 0 spiro atoms. The lowest BCUT2D eigenvalue weighted by atomic mass is 9.86. The maximum atomic E-state index is 12.5. The first-order valence-electron chi connectivity index (χ1n) is 9.07. The normalized spacial score (nSPS) is 21.6. The van der Waals surface area contributed by atoms with Crippen molar-refractivity contribution in [2.24, 2.45) is 5.92 Å². The molecule has 1 aliphatic carbocycles. The maximum Gasteiger partial charge on any atom is 0.290 e. The maximum absolute atomic E-state index is 12.5. The van der Waals surface area contributed by atoms with E-state index in [4.69, 9.17) is 14.6 Å². The molecule has 3 rings (SSSR count). The van der Waals surface area contributed by atoms with Crippen molar-refractivity contribution in [2.75, 3.05) is 32.6 Å². The highest BCUT2D eigenvalue weighted by Crippen LogP contribution is 2.30. The zero-order valence-corrected chi connectivity index (χ0v) is 16.9. The van der Waals surface area contributed by atoms with Crippen molar-refractivity contribution in [3.8, 4) is 5.75 Å². The van der Waals surface area contributed by atoms with Crippen LogP contribution < -0.4 is 14.8 Å². The first-order chi connectivity index (χ1) is 13.3. The second kappa shape index (κ2) is 9.85. The summed E-state index contributed by atoms with van der Waals surface area (Å²) in [6, 6.07) is 5.11. The molecular weight excluding hydrogens is 386 g/mol. The van der Waals surface area contributed by atoms with Gasteiger partial charge in [-0.3, -0.25) is 9.59 Å². The van der Waals surface area contributed by atoms with Crippen LogP contribution in [0, 0.1) is 5.92 Å². The Morgan fingerprint density at radius 2 is 1.93 bits per heavy atom. The van der Waals surface area contributed by atoms with E-state index in [0.29, 0.717) is 29.9 Å². The van der Waals surface area contributed by atoms with Gasteiger partial charge in [0.05, 0.1) is 10.6 Å². The number of hydrogen-bond acceptors (Lipinski definition) is 6. The summed E-state index contributed by atoms with van der Waals surface area (Å²) in [6.45, 7) is 0.148. The standard InChI is InChI=1S/C17H25N3O4S.CH2O2/c1-20(2)13-5-3-12(4-6-13)10-18-25(22,23)14-7-8-16-15(9-14)19-17(21)11-24-16;2-1-3/h7-9,12-13,18H,3-6,10-11H2,1-2H3,(H,19,21);1H,(H,2,3). The number of sulfonamides is 1. The smallest absolute Gasteiger partial charge is 0.290 e. The van der Waals surface area contributed by atoms with Crippen molar-refractivity contribution in [3.63, 3.8) is 0 Å². The van der Waals surface area contributed by atoms with E-state index in [0.717, 1.165) is 25.7 Å². The highest BCUT2D eigenvalue weighted by Gasteiger charge is 2.25. The Kier molecular flexibility index (Phi) is 7.78. The number of hydrogen-bond donors (Lipinski definition) is 3. The molecule has 1 aromatic rings. The minimum atomic E-state index is -3.61. The van der Waals surface area contributed by atoms with Gasteiger partial charge < -0.3 is 20.1 Å². The van der Waals surface area contributed by atoms with Crippen molar-refractivity contribution in [1.82, 2.24) is 9.62 Å². The predicted molar refractivity (Wildman–Crippen MR) is 104 cm³/mol. The van der Waals surface area contributed by atoms with Crippen LogP contribution in [0.2, 0.25) is 0 Å². The van der Waals surface area contributed by atoms with Gasteiger partial charge in [0.25, 0.3) is 12.4 Å². The molecular formula is C18H27N3O6S. The molecule has 1 saturated carbocycles. The van der Waals surface area contributed by atoms with E-state index in [1.807, 2.05) is 0 Å². The Balaban J connectivity index is 0.000000878. The van der Waals surface area contributed by atoms with E-state index < -0.39 is 10.0 Å². The number of carbonyl (C=O) groups is 2. The number of fused-ring (bicyclic) bond motifs is 1. The molecule has 0 radical (unpaired) electrons. The average Bonchev–Trinajstić information content (AvgIpc) is 2.67. The van der Waals surface area contributed by atoms with Crippen molar-refractivity contribution in [2.45, 2.75) is 36.6 Å². The summed E-state index contributed by atoms with van der Waals surface area (Å²) in [5.41, 5.74) is 0.394. The number of anilines is 1. The van der Waals surface area contributed by atoms with Gasteiger partial charge >= 0.3 is 0 Å². The van der Waals surface area contributed by atoms with Crippen LogP contribution in [0.4, 0.5) is 5.69 Å². The van der Waals surface area contributed by atoms with E-state index in [-0.39, 0.29) is 23.9 Å². The summed E-state index contributed by atoms with van der Waals surface area (Å²) in [4.78, 5) is 22.1. The van der Waals surface area contributed by atoms with Crippen LogP contribution in [-0.2, 0) is 19.6 Å². The Bertz CT molecular complexity index is 789. The third-order valence-corrected chi connectivity index (χ3v) is 6.42. The molecule has 0 aromatic heterocycles. The number of nitrogens with zero attached hydrogens (tertiary/aromatic N) is 1. The van der Waals surface area contributed by atoms with E-state index in [1.54, 1.807) is 6.07 Å². The monoisotopic (exact) mass is 413 g/mol. The fourth-order valence-corrected chi connectivity index (χ4v) is 4.55. The van der Waals surface area contributed by atoms with Gasteiger partial charge in [-0.25, -0.2) is 13.1 Å². The highest BCUT2D eigenvalue weighted by molar-refractivity contribution is 7.89. The van der Waals surface area contributed by atoms with Gasteiger partial charge in [0.2, 0.25) is 10.0 Å². The molecule has 2 aliphatic rings. The molecule has 1 fully saturated rings. The molecule has 0 atom stereocenters. The predicted octanol–water partition coefficient (Wildman–Crippen LogP) is 1.12. The SMILES string of the molecule is CN(C)C1CCC(CNS(=O)(=O)c2ccc3c(c2)NC(=O)CO3)CC1.O=CO. The summed E-state index contributed by atoms with van der Waals surface area (Å²) in [5, 5.41) is 9.52. The van der Waals surface area contributed by atoms with Crippen molar-refractivity contribution >= 4 is 28.1 Å². The van der Waals surface area contributed by atoms with Gasteiger partial charge in [0.15, 0.2) is 6.61 Å². The lowest BCUT2D eigenvalue weighted by molar-refractivity contribution is -0.123. The third-order valence-electron chi connectivity index (χ3n) is 5.00. The molecule has 0 saturated heterocycles. The zero-order chi connectivity index (χ0) is 20.7. The van der Waals surface area contributed by atoms with E-state index >= 15 is 0 Å². The average molecular weight is 413 g/mol. The van der Waals surface area contributed by atoms with Crippen LogP contribution in [0.1, 0.15) is 25.7 Å². The second-order valence-electron chi connectivity index (χ2n) is 7.09. The van der Waals surface area contributed by atoms with E-state index in [1.165, 1.54) is 12.1 Å². The van der Waals surface area contributed by atoms with Gasteiger partial charge in [-0.2, -0.15) is 0 Å². The molecule has 1 amide bonds. The lowest BCUT2D eigenvalue weighted by Gasteiger charge is -2.32. The number of carboxylic acid groups (broad SMARTS) is 1. The zero-order valence-electron chi connectivity index (χ0n) is 16.1. The van der Waals surface area contributed by atoms with Gasteiger partial charge in [-0.15, -0.1) is 0 Å². The number of amides is 1. The highest BCUT2D eigenvalue weighted by atomic mass is 32.2. The number of ether oxygens (including phenoxy) is 1. The van der Waals surface area contributed by atoms with E-state index in [2.05, 4.69) is 29.0 Å². The molecule has 0 unspecified atom stereocenters. The summed E-state index contributed by atoms with van der Waals surface area (Å²) in [6.07, 6.45) is 4.25. The number of rotatable bonds is 5. The third kappa shape index (κ3) is 5.91. The largest absolute Gasteiger partial charge is 0.483 e.